The molecule has 1 aliphatic carbocycles. The van der Waals surface area contributed by atoms with Crippen molar-refractivity contribution >= 4 is 9.84 Å². The Morgan fingerprint density at radius 1 is 1.38 bits per heavy atom. The fourth-order valence-electron chi connectivity index (χ4n) is 2.44. The molecule has 1 aliphatic heterocycles. The van der Waals surface area contributed by atoms with Gasteiger partial charge in [-0.2, -0.15) is 0 Å². The summed E-state index contributed by atoms with van der Waals surface area (Å²) in [4.78, 5) is 0. The quantitative estimate of drug-likeness (QED) is 0.660. The first-order valence-electron chi connectivity index (χ1n) is 6.21. The summed E-state index contributed by atoms with van der Waals surface area (Å²) in [6.45, 7) is 1.33. The minimum Gasteiger partial charge on any atom is -0.329 e. The number of nitrogens with two attached hydrogens (primary N) is 1. The molecular weight excluding hydrogens is 224 g/mol. The van der Waals surface area contributed by atoms with E-state index in [1.54, 1.807) is 0 Å². The monoisotopic (exact) mass is 246 g/mol. The average molecular weight is 246 g/mol. The van der Waals surface area contributed by atoms with Gasteiger partial charge in [0.15, 0.2) is 9.84 Å². The summed E-state index contributed by atoms with van der Waals surface area (Å²) >= 11 is 0. The third kappa shape index (κ3) is 3.18. The predicted molar refractivity (Wildman–Crippen MR) is 65.0 cm³/mol. The van der Waals surface area contributed by atoms with E-state index in [2.05, 4.69) is 5.32 Å². The number of sulfone groups is 1. The molecule has 94 valence electrons. The van der Waals surface area contributed by atoms with Gasteiger partial charge in [-0.3, -0.25) is 0 Å². The summed E-state index contributed by atoms with van der Waals surface area (Å²) in [5.41, 5.74) is 5.39. The van der Waals surface area contributed by atoms with E-state index >= 15 is 0 Å². The fraction of sp³-hybridized carbons (Fsp3) is 1.00. The van der Waals surface area contributed by atoms with Crippen LogP contribution in [0.25, 0.3) is 0 Å². The van der Waals surface area contributed by atoms with Gasteiger partial charge in [-0.15, -0.1) is 0 Å². The molecule has 2 rings (SSSR count). The standard InChI is InChI=1S/C11H22N2O2S/c12-8-11(5-7-16(14,15)9-11)13-6-1-2-10-3-4-10/h10,13H,1-9,12H2. The van der Waals surface area contributed by atoms with E-state index < -0.39 is 9.84 Å². The summed E-state index contributed by atoms with van der Waals surface area (Å²) < 4.78 is 22.9. The van der Waals surface area contributed by atoms with Crippen LogP contribution in [0.1, 0.15) is 32.1 Å². The van der Waals surface area contributed by atoms with Gasteiger partial charge in [-0.05, 0) is 31.7 Å². The first-order valence-corrected chi connectivity index (χ1v) is 8.03. The largest absolute Gasteiger partial charge is 0.329 e. The number of rotatable bonds is 6. The van der Waals surface area contributed by atoms with Crippen molar-refractivity contribution in [2.24, 2.45) is 11.7 Å². The maximum atomic E-state index is 11.5. The van der Waals surface area contributed by atoms with Crippen LogP contribution in [0.3, 0.4) is 0 Å². The van der Waals surface area contributed by atoms with E-state index in [1.165, 1.54) is 19.3 Å². The van der Waals surface area contributed by atoms with Gasteiger partial charge >= 0.3 is 0 Å². The van der Waals surface area contributed by atoms with Gasteiger partial charge in [0.2, 0.25) is 0 Å². The van der Waals surface area contributed by atoms with Crippen molar-refractivity contribution in [1.82, 2.24) is 5.32 Å². The van der Waals surface area contributed by atoms with Gasteiger partial charge in [0, 0.05) is 12.1 Å². The lowest BCUT2D eigenvalue weighted by molar-refractivity contribution is 0.366. The van der Waals surface area contributed by atoms with Gasteiger partial charge in [-0.25, -0.2) is 8.42 Å². The maximum Gasteiger partial charge on any atom is 0.152 e. The van der Waals surface area contributed by atoms with Crippen LogP contribution < -0.4 is 11.1 Å². The smallest absolute Gasteiger partial charge is 0.152 e. The van der Waals surface area contributed by atoms with Crippen molar-refractivity contribution in [3.05, 3.63) is 0 Å². The second kappa shape index (κ2) is 4.63. The molecule has 0 radical (unpaired) electrons. The van der Waals surface area contributed by atoms with Crippen LogP contribution in [0.15, 0.2) is 0 Å². The molecule has 16 heavy (non-hydrogen) atoms. The zero-order valence-corrected chi connectivity index (χ0v) is 10.6. The molecule has 1 heterocycles. The molecule has 2 fully saturated rings. The molecule has 1 saturated heterocycles. The normalized spacial score (nSPS) is 33.1. The average Bonchev–Trinajstić information content (AvgIpc) is 3.00. The molecule has 5 heteroatoms. The predicted octanol–water partition coefficient (Wildman–Crippen LogP) is 0.282. The third-order valence-electron chi connectivity index (χ3n) is 3.76. The Balaban J connectivity index is 1.76. The molecule has 0 aromatic rings. The van der Waals surface area contributed by atoms with Crippen LogP contribution in [0.5, 0.6) is 0 Å². The topological polar surface area (TPSA) is 72.2 Å². The van der Waals surface area contributed by atoms with Crippen LogP contribution in [0.4, 0.5) is 0 Å². The van der Waals surface area contributed by atoms with Gasteiger partial charge in [0.05, 0.1) is 11.5 Å². The Bertz CT molecular complexity index is 338. The lowest BCUT2D eigenvalue weighted by Gasteiger charge is -2.27. The van der Waals surface area contributed by atoms with E-state index in [0.29, 0.717) is 18.7 Å². The Labute approximate surface area is 97.9 Å². The van der Waals surface area contributed by atoms with E-state index in [4.69, 9.17) is 5.73 Å². The van der Waals surface area contributed by atoms with Crippen LogP contribution in [0.2, 0.25) is 0 Å². The zero-order chi connectivity index (χ0) is 11.6. The highest BCUT2D eigenvalue weighted by molar-refractivity contribution is 7.91. The number of hydrogen-bond acceptors (Lipinski definition) is 4. The highest BCUT2D eigenvalue weighted by Gasteiger charge is 2.40. The Morgan fingerprint density at radius 3 is 2.62 bits per heavy atom. The van der Waals surface area contributed by atoms with Crippen molar-refractivity contribution in [3.8, 4) is 0 Å². The first kappa shape index (κ1) is 12.3. The highest BCUT2D eigenvalue weighted by Crippen LogP contribution is 2.33. The van der Waals surface area contributed by atoms with Crippen molar-refractivity contribution in [2.45, 2.75) is 37.6 Å². The van der Waals surface area contributed by atoms with Crippen LogP contribution in [-0.4, -0.2) is 38.6 Å². The first-order chi connectivity index (χ1) is 7.55. The van der Waals surface area contributed by atoms with Gasteiger partial charge in [0.1, 0.15) is 0 Å². The van der Waals surface area contributed by atoms with Crippen molar-refractivity contribution in [3.63, 3.8) is 0 Å². The van der Waals surface area contributed by atoms with E-state index in [9.17, 15) is 8.42 Å². The van der Waals surface area contributed by atoms with E-state index in [1.807, 2.05) is 0 Å². The second-order valence-electron chi connectivity index (χ2n) is 5.34. The highest BCUT2D eigenvalue weighted by atomic mass is 32.2. The summed E-state index contributed by atoms with van der Waals surface area (Å²) in [5, 5.41) is 3.38. The summed E-state index contributed by atoms with van der Waals surface area (Å²) in [6.07, 6.45) is 5.87. The maximum absolute atomic E-state index is 11.5. The minimum atomic E-state index is -2.85. The fourth-order valence-corrected chi connectivity index (χ4v) is 4.49. The van der Waals surface area contributed by atoms with Crippen molar-refractivity contribution in [2.75, 3.05) is 24.6 Å². The molecule has 1 unspecified atom stereocenters. The molecule has 1 atom stereocenters. The van der Waals surface area contributed by atoms with Crippen LogP contribution in [0, 0.1) is 5.92 Å². The van der Waals surface area contributed by atoms with Crippen LogP contribution in [-0.2, 0) is 9.84 Å². The molecule has 0 aromatic heterocycles. The van der Waals surface area contributed by atoms with Crippen molar-refractivity contribution < 1.29 is 8.42 Å². The molecule has 0 aromatic carbocycles. The van der Waals surface area contributed by atoms with Gasteiger partial charge in [-0.1, -0.05) is 12.8 Å². The lowest BCUT2D eigenvalue weighted by Crippen LogP contribution is -2.52. The van der Waals surface area contributed by atoms with Gasteiger partial charge < -0.3 is 11.1 Å². The molecule has 1 saturated carbocycles. The number of hydrogen-bond donors (Lipinski definition) is 2. The zero-order valence-electron chi connectivity index (χ0n) is 9.74. The number of nitrogens with one attached hydrogen (secondary N) is 1. The second-order valence-corrected chi connectivity index (χ2v) is 7.52. The minimum absolute atomic E-state index is 0.222. The molecule has 3 N–H and O–H groups in total. The molecule has 0 bridgehead atoms. The lowest BCUT2D eigenvalue weighted by atomic mass is 9.99. The van der Waals surface area contributed by atoms with Gasteiger partial charge in [0.25, 0.3) is 0 Å². The SMILES string of the molecule is NCC1(NCCCC2CC2)CCS(=O)(=O)C1. The van der Waals surface area contributed by atoms with Crippen molar-refractivity contribution in [1.29, 1.82) is 0 Å². The third-order valence-corrected chi connectivity index (χ3v) is 5.58. The molecular formula is C11H22N2O2S. The van der Waals surface area contributed by atoms with E-state index in [0.717, 1.165) is 18.9 Å². The Hall–Kier alpha value is -0.130. The van der Waals surface area contributed by atoms with E-state index in [-0.39, 0.29) is 11.3 Å². The summed E-state index contributed by atoms with van der Waals surface area (Å²) in [5.74, 6) is 1.46. The van der Waals surface area contributed by atoms with Crippen LogP contribution >= 0.6 is 0 Å². The Kier molecular flexibility index (Phi) is 3.56. The summed E-state index contributed by atoms with van der Waals surface area (Å²) in [7, 11) is -2.85. The molecule has 0 amide bonds. The molecule has 0 spiro atoms. The molecule has 4 nitrogen and oxygen atoms in total. The summed E-state index contributed by atoms with van der Waals surface area (Å²) in [6, 6.07) is 0. The Morgan fingerprint density at radius 2 is 2.12 bits per heavy atom. The molecule has 2 aliphatic rings.